The standard InChI is InChI=1S/3CN.Ag.Ba/c3*1-2;;/q3*-1;+1;+2. The van der Waals surface area contributed by atoms with E-state index in [9.17, 15) is 0 Å². The van der Waals surface area contributed by atoms with Gasteiger partial charge in [0.05, 0.1) is 0 Å². The third-order valence-electron chi connectivity index (χ3n) is 0. The van der Waals surface area contributed by atoms with E-state index in [1.54, 1.807) is 0 Å². The van der Waals surface area contributed by atoms with Gasteiger partial charge in [-0.05, 0) is 0 Å². The van der Waals surface area contributed by atoms with Crippen LogP contribution in [0.4, 0.5) is 0 Å². The van der Waals surface area contributed by atoms with Crippen molar-refractivity contribution >= 4 is 48.9 Å². The first-order valence-corrected chi connectivity index (χ1v) is 0.671. The van der Waals surface area contributed by atoms with E-state index in [-0.39, 0.29) is 71.3 Å². The van der Waals surface area contributed by atoms with Crippen LogP contribution in [0.15, 0.2) is 0 Å². The molecule has 0 spiro atoms. The van der Waals surface area contributed by atoms with Gasteiger partial charge in [-0.2, -0.15) is 0 Å². The summed E-state index contributed by atoms with van der Waals surface area (Å²) in [5.74, 6) is 0. The van der Waals surface area contributed by atoms with E-state index in [0.29, 0.717) is 0 Å². The first-order valence-electron chi connectivity index (χ1n) is 0.671. The minimum atomic E-state index is 0. The fraction of sp³-hybridized carbons (Fsp3) is 0. The van der Waals surface area contributed by atoms with Crippen LogP contribution in [0.3, 0.4) is 0 Å². The summed E-state index contributed by atoms with van der Waals surface area (Å²) < 4.78 is 0. The van der Waals surface area contributed by atoms with Crippen LogP contribution in [0.25, 0.3) is 0 Å². The van der Waals surface area contributed by atoms with Crippen molar-refractivity contribution in [3.8, 4) is 0 Å². The van der Waals surface area contributed by atoms with E-state index in [2.05, 4.69) is 0 Å². The second-order valence-corrected chi connectivity index (χ2v) is 0. The molecule has 0 bridgehead atoms. The molecular weight excluding hydrogens is 323 g/mol. The molecule has 0 fully saturated rings. The maximum atomic E-state index is 6.25. The van der Waals surface area contributed by atoms with Crippen LogP contribution in [0, 0.1) is 35.5 Å². The van der Waals surface area contributed by atoms with E-state index in [4.69, 9.17) is 35.5 Å². The molecule has 0 unspecified atom stereocenters. The van der Waals surface area contributed by atoms with Crippen molar-refractivity contribution in [3.05, 3.63) is 19.7 Å². The molecule has 0 aromatic rings. The van der Waals surface area contributed by atoms with Crippen molar-refractivity contribution in [1.29, 1.82) is 15.8 Å². The molecule has 0 heterocycles. The summed E-state index contributed by atoms with van der Waals surface area (Å²) in [7, 11) is 0. The Morgan fingerprint density at radius 3 is 0.625 bits per heavy atom. The molecule has 8 heavy (non-hydrogen) atoms. The normalized spacial score (nSPS) is 0.750. The van der Waals surface area contributed by atoms with Crippen molar-refractivity contribution in [2.75, 3.05) is 0 Å². The topological polar surface area (TPSA) is 71.4 Å². The molecule has 0 aliphatic heterocycles. The maximum Gasteiger partial charge on any atom is 2.00 e. The van der Waals surface area contributed by atoms with E-state index in [1.807, 2.05) is 0 Å². The molecule has 0 radical (unpaired) electrons. The molecule has 0 saturated carbocycles. The average molecular weight is 323 g/mol. The third-order valence-corrected chi connectivity index (χ3v) is 0. The van der Waals surface area contributed by atoms with E-state index >= 15 is 0 Å². The van der Waals surface area contributed by atoms with Crippen LogP contribution >= 0.6 is 0 Å². The largest absolute Gasteiger partial charge is 2.00 e. The predicted molar refractivity (Wildman–Crippen MR) is 20.7 cm³/mol. The monoisotopic (exact) mass is 323 g/mol. The average Bonchev–Trinajstić information content (AvgIpc) is 1.81. The molecule has 40 valence electrons. The SMILES string of the molecule is [Ag+].[Ba+2].[C-]#N.[C-]#N.[C-]#N. The van der Waals surface area contributed by atoms with Crippen LogP contribution in [-0.2, 0) is 22.4 Å². The third kappa shape index (κ3) is 371. The Bertz CT molecular complexity index is 43.0. The summed E-state index contributed by atoms with van der Waals surface area (Å²) in [6.45, 7) is 14.2. The molecule has 0 atom stereocenters. The van der Waals surface area contributed by atoms with Gasteiger partial charge in [-0.25, -0.2) is 0 Å². The Kier molecular flexibility index (Phi) is 2720. The minimum absolute atomic E-state index is 0. The fourth-order valence-corrected chi connectivity index (χ4v) is 0. The minimum Gasteiger partial charge on any atom is -0.512 e. The van der Waals surface area contributed by atoms with E-state index in [0.717, 1.165) is 0 Å². The molecule has 0 aromatic heterocycles. The Balaban J connectivity index is -0.00000000500. The molecule has 0 saturated heterocycles. The number of hydrogen-bond donors (Lipinski definition) is 0. The number of hydrogen-bond acceptors (Lipinski definition) is 3. The smallest absolute Gasteiger partial charge is 0.512 e. The zero-order valence-corrected chi connectivity index (χ0v) is 9.77. The van der Waals surface area contributed by atoms with Gasteiger partial charge >= 0.3 is 71.3 Å². The fourth-order valence-electron chi connectivity index (χ4n) is 0. The van der Waals surface area contributed by atoms with Gasteiger partial charge in [0.25, 0.3) is 0 Å². The Morgan fingerprint density at radius 2 is 0.625 bits per heavy atom. The zero-order valence-electron chi connectivity index (χ0n) is 3.85. The summed E-state index contributed by atoms with van der Waals surface area (Å²) >= 11 is 0. The maximum absolute atomic E-state index is 6.25. The molecule has 0 N–H and O–H groups in total. The quantitative estimate of drug-likeness (QED) is 0.462. The molecular formula is C3AgBaN3. The van der Waals surface area contributed by atoms with Gasteiger partial charge < -0.3 is 35.5 Å². The van der Waals surface area contributed by atoms with Gasteiger partial charge in [0.2, 0.25) is 0 Å². The summed E-state index contributed by atoms with van der Waals surface area (Å²) in [6, 6.07) is 0. The first kappa shape index (κ1) is 37.2. The molecule has 3 nitrogen and oxygen atoms in total. The molecule has 0 rings (SSSR count). The number of nitrogens with zero attached hydrogens (tertiary/aromatic N) is 3. The second kappa shape index (κ2) is 586. The van der Waals surface area contributed by atoms with Gasteiger partial charge in [0.1, 0.15) is 0 Å². The van der Waals surface area contributed by atoms with Gasteiger partial charge in [-0.15, -0.1) is 0 Å². The van der Waals surface area contributed by atoms with Crippen molar-refractivity contribution in [2.45, 2.75) is 0 Å². The number of rotatable bonds is 0. The molecule has 0 amide bonds. The van der Waals surface area contributed by atoms with Crippen LogP contribution in [0.2, 0.25) is 0 Å². The molecule has 5 heteroatoms. The molecule has 0 aliphatic rings. The summed E-state index contributed by atoms with van der Waals surface area (Å²) in [6.07, 6.45) is 0. The van der Waals surface area contributed by atoms with E-state index < -0.39 is 0 Å². The van der Waals surface area contributed by atoms with Gasteiger partial charge in [-0.1, -0.05) is 0 Å². The molecule has 0 aromatic carbocycles. The summed E-state index contributed by atoms with van der Waals surface area (Å²) in [5, 5.41) is 18.8. The van der Waals surface area contributed by atoms with Gasteiger partial charge in [0.15, 0.2) is 0 Å². The summed E-state index contributed by atoms with van der Waals surface area (Å²) in [5.41, 5.74) is 0. The Morgan fingerprint density at radius 1 is 0.625 bits per heavy atom. The Hall–Kier alpha value is 0.782. The van der Waals surface area contributed by atoms with Crippen LogP contribution in [0.5, 0.6) is 0 Å². The first-order chi connectivity index (χ1) is 3.00. The van der Waals surface area contributed by atoms with Crippen LogP contribution < -0.4 is 0 Å². The van der Waals surface area contributed by atoms with Crippen molar-refractivity contribution in [2.24, 2.45) is 0 Å². The Labute approximate surface area is 105 Å². The van der Waals surface area contributed by atoms with Crippen LogP contribution in [0.1, 0.15) is 0 Å². The molecule has 0 aliphatic carbocycles. The van der Waals surface area contributed by atoms with Crippen molar-refractivity contribution in [3.63, 3.8) is 0 Å². The summed E-state index contributed by atoms with van der Waals surface area (Å²) in [4.78, 5) is 0. The van der Waals surface area contributed by atoms with Crippen molar-refractivity contribution in [1.82, 2.24) is 0 Å². The van der Waals surface area contributed by atoms with E-state index in [1.165, 1.54) is 0 Å². The van der Waals surface area contributed by atoms with Crippen molar-refractivity contribution < 1.29 is 22.4 Å². The van der Waals surface area contributed by atoms with Crippen LogP contribution in [-0.4, -0.2) is 48.9 Å². The van der Waals surface area contributed by atoms with Gasteiger partial charge in [0, 0.05) is 0 Å². The second-order valence-electron chi connectivity index (χ2n) is 0. The predicted octanol–water partition coefficient (Wildman–Crippen LogP) is -0.0942. The zero-order chi connectivity index (χ0) is 6.00. The van der Waals surface area contributed by atoms with Gasteiger partial charge in [-0.3, -0.25) is 0 Å².